The number of hydrogen-bond donors (Lipinski definition) is 1. The first-order valence-corrected chi connectivity index (χ1v) is 7.92. The lowest BCUT2D eigenvalue weighted by Gasteiger charge is -2.05. The summed E-state index contributed by atoms with van der Waals surface area (Å²) in [5.74, 6) is 0. The van der Waals surface area contributed by atoms with Crippen LogP contribution in [0.25, 0.3) is 11.0 Å². The Morgan fingerprint density at radius 2 is 2.20 bits per heavy atom. The van der Waals surface area contributed by atoms with Crippen molar-refractivity contribution in [2.75, 3.05) is 6.54 Å². The Balaban J connectivity index is 1.46. The summed E-state index contributed by atoms with van der Waals surface area (Å²) in [6.07, 6.45) is 3.00. The Morgan fingerprint density at radius 3 is 3.05 bits per heavy atom. The highest BCUT2D eigenvalue weighted by Crippen LogP contribution is 2.18. The minimum atomic E-state index is 0.830. The topological polar surface area (TPSA) is 29.9 Å². The molecule has 0 aliphatic rings. The molecule has 20 heavy (non-hydrogen) atoms. The predicted octanol–water partition coefficient (Wildman–Crippen LogP) is 3.93. The van der Waals surface area contributed by atoms with Gasteiger partial charge < -0.3 is 9.88 Å². The van der Waals surface area contributed by atoms with E-state index in [1.54, 1.807) is 11.3 Å². The van der Waals surface area contributed by atoms with Crippen molar-refractivity contribution in [3.05, 3.63) is 51.9 Å². The minimum Gasteiger partial charge on any atom is -0.331 e. The van der Waals surface area contributed by atoms with E-state index in [0.29, 0.717) is 0 Å². The van der Waals surface area contributed by atoms with Gasteiger partial charge >= 0.3 is 0 Å². The van der Waals surface area contributed by atoms with E-state index in [0.717, 1.165) is 36.6 Å². The second-order valence-electron chi connectivity index (χ2n) is 4.69. The number of imidazole rings is 1. The van der Waals surface area contributed by atoms with Crippen molar-refractivity contribution >= 4 is 34.0 Å². The van der Waals surface area contributed by atoms with E-state index >= 15 is 0 Å². The van der Waals surface area contributed by atoms with Gasteiger partial charge in [-0.1, -0.05) is 23.7 Å². The van der Waals surface area contributed by atoms with E-state index in [1.807, 2.05) is 29.9 Å². The van der Waals surface area contributed by atoms with Crippen molar-refractivity contribution in [1.82, 2.24) is 14.9 Å². The fraction of sp³-hybridized carbons (Fsp3) is 0.267. The van der Waals surface area contributed by atoms with Gasteiger partial charge in [0.15, 0.2) is 0 Å². The smallest absolute Gasteiger partial charge is 0.0958 e. The monoisotopic (exact) mass is 305 g/mol. The second kappa shape index (κ2) is 6.39. The van der Waals surface area contributed by atoms with E-state index in [9.17, 15) is 0 Å². The lowest BCUT2D eigenvalue weighted by Crippen LogP contribution is -2.15. The average Bonchev–Trinajstić information content (AvgIpc) is 3.05. The number of aryl methyl sites for hydroxylation is 1. The quantitative estimate of drug-likeness (QED) is 0.699. The third-order valence-corrected chi connectivity index (χ3v) is 4.49. The third-order valence-electron chi connectivity index (χ3n) is 3.20. The van der Waals surface area contributed by atoms with Gasteiger partial charge in [0.1, 0.15) is 0 Å². The van der Waals surface area contributed by atoms with Crippen LogP contribution < -0.4 is 5.32 Å². The Kier molecular flexibility index (Phi) is 4.35. The highest BCUT2D eigenvalue weighted by molar-refractivity contribution is 7.10. The highest BCUT2D eigenvalue weighted by Gasteiger charge is 2.01. The summed E-state index contributed by atoms with van der Waals surface area (Å²) in [5, 5.41) is 6.24. The zero-order valence-corrected chi connectivity index (χ0v) is 12.6. The van der Waals surface area contributed by atoms with E-state index < -0.39 is 0 Å². The molecule has 0 spiro atoms. The van der Waals surface area contributed by atoms with E-state index in [4.69, 9.17) is 11.6 Å². The number of benzene rings is 1. The van der Waals surface area contributed by atoms with Gasteiger partial charge in [-0.05, 0) is 31.2 Å². The molecule has 104 valence electrons. The molecule has 0 saturated heterocycles. The molecule has 2 aromatic heterocycles. The van der Waals surface area contributed by atoms with Crippen molar-refractivity contribution in [3.63, 3.8) is 0 Å². The molecule has 0 unspecified atom stereocenters. The molecule has 3 aromatic rings. The molecule has 0 aliphatic heterocycles. The fourth-order valence-corrected chi connectivity index (χ4v) is 3.26. The van der Waals surface area contributed by atoms with Crippen LogP contribution in [-0.2, 0) is 13.1 Å². The average molecular weight is 306 g/mol. The Morgan fingerprint density at radius 1 is 1.30 bits per heavy atom. The van der Waals surface area contributed by atoms with E-state index in [1.165, 1.54) is 10.4 Å². The molecule has 0 aliphatic carbocycles. The van der Waals surface area contributed by atoms with Crippen molar-refractivity contribution in [2.24, 2.45) is 0 Å². The first kappa shape index (κ1) is 13.6. The van der Waals surface area contributed by atoms with Crippen LogP contribution in [0.1, 0.15) is 11.3 Å². The minimum absolute atomic E-state index is 0.830. The molecular weight excluding hydrogens is 290 g/mol. The lowest BCUT2D eigenvalue weighted by molar-refractivity contribution is 0.591. The summed E-state index contributed by atoms with van der Waals surface area (Å²) in [5.41, 5.74) is 2.27. The molecule has 0 saturated carbocycles. The molecule has 3 rings (SSSR count). The van der Waals surface area contributed by atoms with Gasteiger partial charge in [-0.15, -0.1) is 11.3 Å². The van der Waals surface area contributed by atoms with Crippen molar-refractivity contribution in [2.45, 2.75) is 19.5 Å². The largest absolute Gasteiger partial charge is 0.331 e. The van der Waals surface area contributed by atoms with Crippen LogP contribution in [0, 0.1) is 0 Å². The summed E-state index contributed by atoms with van der Waals surface area (Å²) in [6, 6.07) is 10.3. The molecule has 3 nitrogen and oxygen atoms in total. The molecule has 0 bridgehead atoms. The van der Waals surface area contributed by atoms with Crippen LogP contribution in [0.15, 0.2) is 42.0 Å². The number of fused-ring (bicyclic) bond motifs is 1. The lowest BCUT2D eigenvalue weighted by atomic mass is 10.3. The van der Waals surface area contributed by atoms with Gasteiger partial charge in [0.25, 0.3) is 0 Å². The van der Waals surface area contributed by atoms with E-state index in [-0.39, 0.29) is 0 Å². The van der Waals surface area contributed by atoms with E-state index in [2.05, 4.69) is 27.0 Å². The number of nitrogens with one attached hydrogen (secondary N) is 1. The predicted molar refractivity (Wildman–Crippen MR) is 85.4 cm³/mol. The van der Waals surface area contributed by atoms with Crippen LogP contribution in [0.5, 0.6) is 0 Å². The Hall–Kier alpha value is -1.36. The van der Waals surface area contributed by atoms with Crippen LogP contribution in [0.3, 0.4) is 0 Å². The van der Waals surface area contributed by atoms with Crippen LogP contribution in [-0.4, -0.2) is 16.1 Å². The molecule has 2 heterocycles. The molecule has 1 aromatic carbocycles. The molecule has 0 amide bonds. The molecular formula is C15H16ClN3S. The number of para-hydroxylation sites is 2. The number of aromatic nitrogens is 2. The molecule has 5 heteroatoms. The SMILES string of the molecule is Clc1csc(CNCCCn2cnc3ccccc32)c1. The van der Waals surface area contributed by atoms with Crippen molar-refractivity contribution in [1.29, 1.82) is 0 Å². The molecule has 0 atom stereocenters. The van der Waals surface area contributed by atoms with Crippen molar-refractivity contribution in [3.8, 4) is 0 Å². The fourth-order valence-electron chi connectivity index (χ4n) is 2.22. The summed E-state index contributed by atoms with van der Waals surface area (Å²) in [6.45, 7) is 2.86. The zero-order valence-electron chi connectivity index (χ0n) is 11.1. The van der Waals surface area contributed by atoms with Crippen molar-refractivity contribution < 1.29 is 0 Å². The van der Waals surface area contributed by atoms with Gasteiger partial charge in [-0.2, -0.15) is 0 Å². The molecule has 0 radical (unpaired) electrons. The van der Waals surface area contributed by atoms with Crippen LogP contribution in [0.4, 0.5) is 0 Å². The number of rotatable bonds is 6. The van der Waals surface area contributed by atoms with Gasteiger partial charge in [-0.3, -0.25) is 0 Å². The molecule has 1 N–H and O–H groups in total. The standard InChI is InChI=1S/C15H16ClN3S/c16-12-8-13(20-10-12)9-17-6-3-7-19-11-18-14-4-1-2-5-15(14)19/h1-2,4-5,8,10-11,17H,3,6-7,9H2. The summed E-state index contributed by atoms with van der Waals surface area (Å²) in [4.78, 5) is 5.68. The Labute approximate surface area is 127 Å². The van der Waals surface area contributed by atoms with Gasteiger partial charge in [0.05, 0.1) is 22.4 Å². The number of hydrogen-bond acceptors (Lipinski definition) is 3. The van der Waals surface area contributed by atoms with Gasteiger partial charge in [-0.25, -0.2) is 4.98 Å². The second-order valence-corrected chi connectivity index (χ2v) is 6.12. The maximum absolute atomic E-state index is 5.90. The normalized spacial score (nSPS) is 11.2. The first-order valence-electron chi connectivity index (χ1n) is 6.66. The first-order chi connectivity index (χ1) is 9.83. The maximum Gasteiger partial charge on any atom is 0.0958 e. The summed E-state index contributed by atoms with van der Waals surface area (Å²) in [7, 11) is 0. The van der Waals surface area contributed by atoms with Crippen LogP contribution in [0.2, 0.25) is 5.02 Å². The summed E-state index contributed by atoms with van der Waals surface area (Å²) >= 11 is 7.59. The third kappa shape index (κ3) is 3.20. The summed E-state index contributed by atoms with van der Waals surface area (Å²) < 4.78 is 2.21. The Bertz CT molecular complexity index is 689. The molecule has 0 fully saturated rings. The number of nitrogens with zero attached hydrogens (tertiary/aromatic N) is 2. The van der Waals surface area contributed by atoms with Gasteiger partial charge in [0, 0.05) is 23.3 Å². The maximum atomic E-state index is 5.90. The number of halogens is 1. The number of thiophene rings is 1. The highest BCUT2D eigenvalue weighted by atomic mass is 35.5. The van der Waals surface area contributed by atoms with Crippen LogP contribution >= 0.6 is 22.9 Å². The van der Waals surface area contributed by atoms with Gasteiger partial charge in [0.2, 0.25) is 0 Å². The zero-order chi connectivity index (χ0) is 13.8.